The first-order valence-electron chi connectivity index (χ1n) is 27.0. The molecule has 0 aromatic carbocycles. The minimum Gasteiger partial charge on any atom is -0.451 e. The van der Waals surface area contributed by atoms with Gasteiger partial charge in [0, 0.05) is 82.3 Å². The zero-order valence-corrected chi connectivity index (χ0v) is 53.3. The van der Waals surface area contributed by atoms with Crippen LogP contribution in [-0.4, -0.2) is 85.4 Å². The highest BCUT2D eigenvalue weighted by Crippen LogP contribution is 2.16. The van der Waals surface area contributed by atoms with Gasteiger partial charge >= 0.3 is 0 Å². The van der Waals surface area contributed by atoms with Crippen molar-refractivity contribution in [3.8, 4) is 0 Å². The van der Waals surface area contributed by atoms with Gasteiger partial charge in [-0.2, -0.15) is 19.8 Å². The Kier molecular flexibility index (Phi) is 37.4. The van der Waals surface area contributed by atoms with Crippen LogP contribution in [0.4, 0.5) is 0 Å². The van der Waals surface area contributed by atoms with Gasteiger partial charge in [0.15, 0.2) is 18.1 Å². The number of oxazole rings is 2. The van der Waals surface area contributed by atoms with Crippen molar-refractivity contribution in [2.45, 2.75) is 198 Å². The van der Waals surface area contributed by atoms with Crippen molar-refractivity contribution in [1.82, 2.24) is 85.4 Å². The first kappa shape index (κ1) is 71.2. The van der Waals surface area contributed by atoms with Crippen molar-refractivity contribution in [2.24, 2.45) is 0 Å². The number of hydrogen-bond acceptors (Lipinski definition) is 19. The molecular formula is C57H91N17O3S3. The summed E-state index contributed by atoms with van der Waals surface area (Å²) < 4.78 is 18.5. The molecule has 10 aromatic heterocycles. The van der Waals surface area contributed by atoms with Gasteiger partial charge in [-0.3, -0.25) is 10.2 Å². The molecule has 10 heterocycles. The van der Waals surface area contributed by atoms with Gasteiger partial charge in [0.05, 0.1) is 39.5 Å². The molecule has 0 radical (unpaired) electrons. The Hall–Kier alpha value is -6.85. The van der Waals surface area contributed by atoms with E-state index in [2.05, 4.69) is 212 Å². The Morgan fingerprint density at radius 1 is 0.525 bits per heavy atom. The lowest BCUT2D eigenvalue weighted by molar-refractivity contribution is 0.408. The molecule has 4 N–H and O–H groups in total. The maximum Gasteiger partial charge on any atom is 0.196 e. The van der Waals surface area contributed by atoms with Gasteiger partial charge in [0.1, 0.15) is 36.8 Å². The van der Waals surface area contributed by atoms with Crippen LogP contribution in [0.1, 0.15) is 254 Å². The summed E-state index contributed by atoms with van der Waals surface area (Å²) in [4.78, 5) is 27.2. The van der Waals surface area contributed by atoms with Gasteiger partial charge < -0.3 is 18.3 Å². The summed E-state index contributed by atoms with van der Waals surface area (Å²) in [6.45, 7) is 42.0. The minimum atomic E-state index is 0.369. The number of imidazole rings is 1. The molecule has 0 spiro atoms. The highest BCUT2D eigenvalue weighted by atomic mass is 32.1. The number of aromatic nitrogens is 17. The largest absolute Gasteiger partial charge is 0.451 e. The van der Waals surface area contributed by atoms with Crippen molar-refractivity contribution in [2.75, 3.05) is 0 Å². The number of nitrogens with zero attached hydrogens (tertiary/aromatic N) is 13. The van der Waals surface area contributed by atoms with Crippen LogP contribution in [0, 0.1) is 0 Å². The Labute approximate surface area is 487 Å². The minimum absolute atomic E-state index is 0.369. The fraction of sp³-hybridized carbons (Fsp3) is 0.526. The van der Waals surface area contributed by atoms with E-state index in [1.165, 1.54) is 46.3 Å². The number of thiazole rings is 2. The maximum atomic E-state index is 4.98. The summed E-state index contributed by atoms with van der Waals surface area (Å²) in [5.74, 6) is 8.63. The normalized spacial score (nSPS) is 10.4. The average molecular weight is 1160 g/mol. The third-order valence-corrected chi connectivity index (χ3v) is 12.4. The SMILES string of the molecule is CC(C)c1ccn[nH]1.CC(C)c1ccon1.CC(C)c1ccsn1.CC(C)c1cocn1.CC(C)c1cscn1.CC(C)c1ncc[nH]1.CC(C)c1ncco1.CC(C)c1nccs1.CC(C)c1ncn[nH]1.CC(C)c1nn[nH]n1. The van der Waals surface area contributed by atoms with Gasteiger partial charge in [-0.1, -0.05) is 149 Å². The topological polar surface area (TPSA) is 270 Å². The first-order valence-corrected chi connectivity index (χ1v) is 29.6. The predicted molar refractivity (Wildman–Crippen MR) is 324 cm³/mol. The van der Waals surface area contributed by atoms with Crippen LogP contribution in [-0.2, 0) is 0 Å². The van der Waals surface area contributed by atoms with Crippen LogP contribution in [0.3, 0.4) is 0 Å². The van der Waals surface area contributed by atoms with E-state index >= 15 is 0 Å². The molecule has 0 bridgehead atoms. The summed E-state index contributed by atoms with van der Waals surface area (Å²) in [6, 6.07) is 5.94. The number of nitrogens with one attached hydrogen (secondary N) is 4. The second-order valence-electron chi connectivity index (χ2n) is 20.6. The number of tetrazole rings is 1. The maximum absolute atomic E-state index is 4.98. The number of hydrogen-bond donors (Lipinski definition) is 4. The average Bonchev–Trinajstić information content (AvgIpc) is 4.28. The monoisotopic (exact) mass is 1160 g/mol. The molecule has 0 aliphatic rings. The fourth-order valence-electron chi connectivity index (χ4n) is 5.18. The molecule has 10 rings (SSSR count). The molecule has 0 unspecified atom stereocenters. The molecule has 80 heavy (non-hydrogen) atoms. The zero-order chi connectivity index (χ0) is 59.8. The quantitative estimate of drug-likeness (QED) is 0.0991. The molecule has 0 aliphatic carbocycles. The Morgan fingerprint density at radius 3 is 1.48 bits per heavy atom. The number of aromatic amines is 4. The van der Waals surface area contributed by atoms with Crippen molar-refractivity contribution < 1.29 is 13.4 Å². The van der Waals surface area contributed by atoms with Crippen LogP contribution in [0.25, 0.3) is 0 Å². The Balaban J connectivity index is 0.000000444. The van der Waals surface area contributed by atoms with Gasteiger partial charge in [-0.25, -0.2) is 29.9 Å². The Bertz CT molecular complexity index is 2080. The van der Waals surface area contributed by atoms with Crippen molar-refractivity contribution in [1.29, 1.82) is 0 Å². The molecule has 0 amide bonds. The van der Waals surface area contributed by atoms with Gasteiger partial charge in [0.25, 0.3) is 0 Å². The van der Waals surface area contributed by atoms with E-state index in [0.717, 1.165) is 34.8 Å². The third kappa shape index (κ3) is 32.9. The summed E-state index contributed by atoms with van der Waals surface area (Å²) in [6.07, 6.45) is 16.7. The predicted octanol–water partition coefficient (Wildman–Crippen LogP) is 16.5. The summed E-state index contributed by atoms with van der Waals surface area (Å²) in [5.41, 5.74) is 7.51. The highest BCUT2D eigenvalue weighted by molar-refractivity contribution is 7.09. The van der Waals surface area contributed by atoms with E-state index < -0.39 is 0 Å². The molecule has 0 fully saturated rings. The molecule has 10 aromatic rings. The van der Waals surface area contributed by atoms with Crippen molar-refractivity contribution in [3.05, 3.63) is 159 Å². The van der Waals surface area contributed by atoms with E-state index in [1.807, 2.05) is 68.5 Å². The van der Waals surface area contributed by atoms with Crippen LogP contribution >= 0.6 is 34.2 Å². The molecule has 0 atom stereocenters. The van der Waals surface area contributed by atoms with Gasteiger partial charge in [0.2, 0.25) is 0 Å². The molecular weight excluding hydrogens is 1070 g/mol. The van der Waals surface area contributed by atoms with Crippen LogP contribution in [0.5, 0.6) is 0 Å². The van der Waals surface area contributed by atoms with Crippen molar-refractivity contribution in [3.63, 3.8) is 0 Å². The van der Waals surface area contributed by atoms with Crippen molar-refractivity contribution >= 4 is 34.2 Å². The van der Waals surface area contributed by atoms with Gasteiger partial charge in [-0.05, 0) is 53.3 Å². The second kappa shape index (κ2) is 42.1. The highest BCUT2D eigenvalue weighted by Gasteiger charge is 2.04. The van der Waals surface area contributed by atoms with E-state index in [4.69, 9.17) is 8.83 Å². The second-order valence-corrected chi connectivity index (χ2v) is 22.9. The molecule has 0 saturated carbocycles. The Morgan fingerprint density at radius 2 is 1.23 bits per heavy atom. The lowest BCUT2D eigenvalue weighted by Gasteiger charge is -1.95. The summed E-state index contributed by atoms with van der Waals surface area (Å²) in [7, 11) is 0. The standard InChI is InChI=1S/2C6H10N2.3C6H9NO.3C6H9NS.C5H9N3.C4H8N4/c1-5(2)6-7-3-4-8-6;1-5(2)6-3-4-7-8-6;1-5(2)6-3-8-4-7-6;1-5(2)6-7-3-4-8-6;1-5(2)6-3-4-8-7-6;1-5(2)6-3-8-4-7-6;1-5(2)6-7-3-4-8-6;1-5(2)6-3-4-8-7-6;1-4(2)5-6-3-7-8-5;1-3(2)4-5-7-8-6-4/h2*3-5H,1-2H3,(H,7,8);6*3-5H,1-2H3;3-4H,1-2H3,(H,6,7,8);3H,1-2H3,(H,5,6,7,8). The molecule has 440 valence electrons. The molecule has 20 nitrogen and oxygen atoms in total. The van der Waals surface area contributed by atoms with Crippen LogP contribution in [0.15, 0.2) is 116 Å². The van der Waals surface area contributed by atoms with E-state index in [1.54, 1.807) is 60.1 Å². The molecule has 0 saturated heterocycles. The third-order valence-electron chi connectivity index (χ3n) is 10.1. The number of rotatable bonds is 10. The first-order chi connectivity index (χ1) is 38.0. The van der Waals surface area contributed by atoms with E-state index in [0.29, 0.717) is 59.2 Å². The fourth-order valence-corrected chi connectivity index (χ4v) is 7.21. The lowest BCUT2D eigenvalue weighted by Crippen LogP contribution is -1.88. The van der Waals surface area contributed by atoms with E-state index in [-0.39, 0.29) is 0 Å². The van der Waals surface area contributed by atoms with E-state index in [9.17, 15) is 0 Å². The van der Waals surface area contributed by atoms with Gasteiger partial charge in [-0.15, -0.1) is 32.9 Å². The van der Waals surface area contributed by atoms with Crippen LogP contribution in [0.2, 0.25) is 0 Å². The molecule has 0 aliphatic heterocycles. The zero-order valence-electron chi connectivity index (χ0n) is 50.9. The van der Waals surface area contributed by atoms with Crippen LogP contribution < -0.4 is 0 Å². The number of H-pyrrole nitrogens is 4. The lowest BCUT2D eigenvalue weighted by atomic mass is 10.1. The summed E-state index contributed by atoms with van der Waals surface area (Å²) in [5, 5.41) is 37.6. The smallest absolute Gasteiger partial charge is 0.196 e. The molecule has 23 heteroatoms. The summed E-state index contributed by atoms with van der Waals surface area (Å²) >= 11 is 4.89.